The summed E-state index contributed by atoms with van der Waals surface area (Å²) in [6.07, 6.45) is 9.49. The fraction of sp³-hybridized carbons (Fsp3) is 1.00. The zero-order valence-corrected chi connectivity index (χ0v) is 17.5. The van der Waals surface area contributed by atoms with Crippen LogP contribution in [0.25, 0.3) is 0 Å². The molecule has 0 rings (SSSR count). The molecule has 0 bridgehead atoms. The second-order valence-corrected chi connectivity index (χ2v) is 8.27. The van der Waals surface area contributed by atoms with E-state index < -0.39 is 0 Å². The van der Waals surface area contributed by atoms with Crippen molar-refractivity contribution < 1.29 is 10.2 Å². The molecule has 0 aliphatic heterocycles. The number of rotatable bonds is 10. The molecule has 0 aliphatic rings. The Morgan fingerprint density at radius 3 is 1.45 bits per heavy atom. The van der Waals surface area contributed by atoms with Crippen molar-refractivity contribution in [2.45, 2.75) is 88.4 Å². The van der Waals surface area contributed by atoms with Crippen molar-refractivity contribution >= 4 is 21.1 Å². The Balaban J connectivity index is -0.000000244. The largest absolute Gasteiger partial charge is 0.854 e. The van der Waals surface area contributed by atoms with Crippen LogP contribution in [0.4, 0.5) is 0 Å². The van der Waals surface area contributed by atoms with Gasteiger partial charge in [0, 0.05) is 0 Å². The minimum absolute atomic E-state index is 0.0938. The normalized spacial score (nSPS) is 10.6. The van der Waals surface area contributed by atoms with Crippen molar-refractivity contribution in [3.63, 3.8) is 0 Å². The molecule has 0 aromatic heterocycles. The molecule has 0 aliphatic carbocycles. The number of hydrogen-bond donors (Lipinski definition) is 0. The zero-order chi connectivity index (χ0) is 16.1. The van der Waals surface area contributed by atoms with Gasteiger partial charge in [0.05, 0.1) is 0 Å². The summed E-state index contributed by atoms with van der Waals surface area (Å²) in [4.78, 5) is 2.46. The van der Waals surface area contributed by atoms with Crippen LogP contribution in [0, 0.1) is 5.92 Å². The second kappa shape index (κ2) is 28.0. The summed E-state index contributed by atoms with van der Waals surface area (Å²) < 4.78 is 1.61. The van der Waals surface area contributed by atoms with Crippen LogP contribution in [0.5, 0.6) is 0 Å². The smallest absolute Gasteiger partial charge is 0.0575 e. The summed E-state index contributed by atoms with van der Waals surface area (Å²) in [5.74, 6) is 1.09. The van der Waals surface area contributed by atoms with Crippen molar-refractivity contribution in [1.82, 2.24) is 0 Å². The van der Waals surface area contributed by atoms with Crippen molar-refractivity contribution in [3.8, 4) is 0 Å². The Morgan fingerprint density at radius 1 is 0.800 bits per heavy atom. The molecule has 122 valence electrons. The van der Waals surface area contributed by atoms with Gasteiger partial charge in [-0.05, 0) is 0 Å². The number of unbranched alkanes of at least 4 members (excludes halogenated alkanes) is 3. The van der Waals surface area contributed by atoms with Gasteiger partial charge in [0.25, 0.3) is 0 Å². The molecule has 0 spiro atoms. The molecule has 0 N–H and O–H groups in total. The van der Waals surface area contributed by atoms with E-state index in [-0.39, 0.29) is 34.4 Å². The maximum Gasteiger partial charge on any atom is -0.0575 e. The first-order chi connectivity index (χ1) is 9.67. The first-order valence-corrected chi connectivity index (χ1v) is 13.4. The molecule has 1 unspecified atom stereocenters. The van der Waals surface area contributed by atoms with Crippen molar-refractivity contribution in [1.29, 1.82) is 0 Å². The molecule has 0 fully saturated rings. The summed E-state index contributed by atoms with van der Waals surface area (Å²) in [5, 5.41) is 19.1. The quantitative estimate of drug-likeness (QED) is 0.532. The van der Waals surface area contributed by atoms with Crippen molar-refractivity contribution in [2.24, 2.45) is 5.92 Å². The van der Waals surface area contributed by atoms with Crippen LogP contribution in [-0.2, 0) is 0 Å². The standard InChI is InChI=1S/C8H17.2C4H9O.CH3.Sn/c1-4-6-7-8(3)5-2;2*1-2-3-4-5;;/h8H,3-7H2,1-2H3;2*2-4H2,1H3;1H3;/q;2*-1;;+2. The van der Waals surface area contributed by atoms with Crippen LogP contribution in [0.2, 0.25) is 9.38 Å². The SMILES string of the molecule is CCCCC(CC)[CH2][Sn+2][CH3].CCCC[O-].CCCC[O-]. The molecule has 20 heavy (non-hydrogen) atoms. The molecule has 0 aromatic rings. The average molecular weight is 393 g/mol. The van der Waals surface area contributed by atoms with Gasteiger partial charge >= 0.3 is 76.0 Å². The van der Waals surface area contributed by atoms with E-state index in [0.29, 0.717) is 0 Å². The van der Waals surface area contributed by atoms with E-state index in [1.807, 2.05) is 13.8 Å². The van der Waals surface area contributed by atoms with E-state index in [2.05, 4.69) is 18.8 Å². The van der Waals surface area contributed by atoms with E-state index in [4.69, 9.17) is 0 Å². The minimum Gasteiger partial charge on any atom is -0.854 e. The molecule has 0 radical (unpaired) electrons. The van der Waals surface area contributed by atoms with Gasteiger partial charge in [0.1, 0.15) is 0 Å². The molecule has 0 saturated heterocycles. The summed E-state index contributed by atoms with van der Waals surface area (Å²) in [6.45, 7) is 8.84. The van der Waals surface area contributed by atoms with Gasteiger partial charge in [-0.25, -0.2) is 0 Å². The molecular formula is C17H38O2Sn. The summed E-state index contributed by atoms with van der Waals surface area (Å²) >= 11 is 0.0956. The van der Waals surface area contributed by atoms with E-state index in [1.165, 1.54) is 25.7 Å². The average Bonchev–Trinajstić information content (AvgIpc) is 2.46. The minimum atomic E-state index is 0.0938. The van der Waals surface area contributed by atoms with Crippen molar-refractivity contribution in [3.05, 3.63) is 0 Å². The van der Waals surface area contributed by atoms with Crippen LogP contribution < -0.4 is 10.2 Å². The van der Waals surface area contributed by atoms with Gasteiger partial charge in [0.2, 0.25) is 0 Å². The first-order valence-electron chi connectivity index (χ1n) is 8.48. The fourth-order valence-corrected chi connectivity index (χ4v) is 4.57. The van der Waals surface area contributed by atoms with Gasteiger partial charge in [-0.15, -0.1) is 13.2 Å². The van der Waals surface area contributed by atoms with E-state index in [9.17, 15) is 10.2 Å². The predicted molar refractivity (Wildman–Crippen MR) is 89.3 cm³/mol. The topological polar surface area (TPSA) is 46.1 Å². The Labute approximate surface area is 139 Å². The summed E-state index contributed by atoms with van der Waals surface area (Å²) in [7, 11) is 0. The first kappa shape index (κ1) is 25.7. The van der Waals surface area contributed by atoms with Crippen LogP contribution >= 0.6 is 0 Å². The fourth-order valence-electron chi connectivity index (χ4n) is 1.52. The Kier molecular flexibility index (Phi) is 35.9. The van der Waals surface area contributed by atoms with Crippen LogP contribution in [0.15, 0.2) is 0 Å². The molecule has 0 heterocycles. The third kappa shape index (κ3) is 31.2. The van der Waals surface area contributed by atoms with Crippen LogP contribution in [0.3, 0.4) is 0 Å². The summed E-state index contributed by atoms with van der Waals surface area (Å²) in [6, 6.07) is 0. The zero-order valence-electron chi connectivity index (χ0n) is 14.7. The molecule has 0 amide bonds. The molecule has 1 atom stereocenters. The molecular weight excluding hydrogens is 355 g/mol. The van der Waals surface area contributed by atoms with E-state index >= 15 is 0 Å². The van der Waals surface area contributed by atoms with Gasteiger partial charge in [0.15, 0.2) is 0 Å². The summed E-state index contributed by atoms with van der Waals surface area (Å²) in [5.41, 5.74) is 0. The molecule has 2 nitrogen and oxygen atoms in total. The van der Waals surface area contributed by atoms with Gasteiger partial charge in [-0.3, -0.25) is 0 Å². The number of hydrogen-bond acceptors (Lipinski definition) is 2. The van der Waals surface area contributed by atoms with Crippen molar-refractivity contribution in [2.75, 3.05) is 13.2 Å². The van der Waals surface area contributed by atoms with Crippen LogP contribution in [0.1, 0.15) is 79.1 Å². The molecule has 0 aromatic carbocycles. The van der Waals surface area contributed by atoms with Crippen LogP contribution in [-0.4, -0.2) is 34.4 Å². The van der Waals surface area contributed by atoms with Gasteiger partial charge in [-0.1, -0.05) is 39.5 Å². The van der Waals surface area contributed by atoms with Gasteiger partial charge < -0.3 is 10.2 Å². The Bertz CT molecular complexity index is 122. The third-order valence-corrected chi connectivity index (χ3v) is 5.84. The van der Waals surface area contributed by atoms with Gasteiger partial charge in [-0.2, -0.15) is 0 Å². The third-order valence-electron chi connectivity index (χ3n) is 3.03. The van der Waals surface area contributed by atoms with E-state index in [0.717, 1.165) is 31.6 Å². The second-order valence-electron chi connectivity index (χ2n) is 5.09. The van der Waals surface area contributed by atoms with E-state index in [1.54, 1.807) is 4.44 Å². The molecule has 3 heteroatoms. The Morgan fingerprint density at radius 2 is 1.25 bits per heavy atom. The maximum atomic E-state index is 9.53. The Hall–Kier alpha value is 0.719. The molecule has 0 saturated carbocycles. The monoisotopic (exact) mass is 394 g/mol. The maximum absolute atomic E-state index is 9.53. The predicted octanol–water partition coefficient (Wildman–Crippen LogP) is 3.67.